The van der Waals surface area contributed by atoms with Crippen molar-refractivity contribution in [1.82, 2.24) is 30.4 Å². The second kappa shape index (κ2) is 7.40. The number of hydrogen-bond donors (Lipinski definition) is 2. The number of alkyl halides is 3. The summed E-state index contributed by atoms with van der Waals surface area (Å²) in [5.41, 5.74) is -0.845. The molecule has 0 saturated heterocycles. The van der Waals surface area contributed by atoms with Crippen LogP contribution in [0.15, 0.2) is 16.7 Å². The number of guanidine groups is 1. The van der Waals surface area contributed by atoms with Crippen molar-refractivity contribution in [3.63, 3.8) is 0 Å². The first-order valence-corrected chi connectivity index (χ1v) is 7.57. The molecule has 7 nitrogen and oxygen atoms in total. The molecule has 0 radical (unpaired) electrons. The van der Waals surface area contributed by atoms with Crippen LogP contribution in [0.25, 0.3) is 0 Å². The molecular formula is C12H16F3N7S. The molecule has 126 valence electrons. The van der Waals surface area contributed by atoms with E-state index in [9.17, 15) is 13.2 Å². The van der Waals surface area contributed by atoms with E-state index in [-0.39, 0.29) is 0 Å². The lowest BCUT2D eigenvalue weighted by Gasteiger charge is -2.10. The van der Waals surface area contributed by atoms with Crippen molar-refractivity contribution in [2.45, 2.75) is 19.1 Å². The molecule has 0 fully saturated rings. The first kappa shape index (κ1) is 17.2. The highest BCUT2D eigenvalue weighted by Crippen LogP contribution is 2.29. The molecule has 0 aliphatic carbocycles. The highest BCUT2D eigenvalue weighted by molar-refractivity contribution is 7.09. The van der Waals surface area contributed by atoms with Crippen LogP contribution in [0.5, 0.6) is 0 Å². The van der Waals surface area contributed by atoms with E-state index in [0.29, 0.717) is 30.5 Å². The average molecular weight is 347 g/mol. The molecule has 23 heavy (non-hydrogen) atoms. The van der Waals surface area contributed by atoms with Gasteiger partial charge in [0.1, 0.15) is 6.33 Å². The smallest absolute Gasteiger partial charge is 0.356 e. The van der Waals surface area contributed by atoms with Gasteiger partial charge < -0.3 is 15.2 Å². The fourth-order valence-corrected chi connectivity index (χ4v) is 2.50. The van der Waals surface area contributed by atoms with Crippen molar-refractivity contribution in [2.75, 3.05) is 13.6 Å². The zero-order valence-corrected chi connectivity index (χ0v) is 13.4. The minimum Gasteiger partial charge on any atom is -0.356 e. The highest BCUT2D eigenvalue weighted by Gasteiger charge is 2.33. The summed E-state index contributed by atoms with van der Waals surface area (Å²) in [6.07, 6.45) is -2.42. The number of rotatable bonds is 5. The monoisotopic (exact) mass is 347 g/mol. The normalized spacial score (nSPS) is 12.5. The molecule has 0 aliphatic heterocycles. The van der Waals surface area contributed by atoms with Crippen LogP contribution in [0, 0.1) is 0 Å². The molecule has 2 aromatic heterocycles. The Kier molecular flexibility index (Phi) is 5.53. The predicted octanol–water partition coefficient (Wildman–Crippen LogP) is 1.20. The summed E-state index contributed by atoms with van der Waals surface area (Å²) >= 11 is 0.996. The third-order valence-electron chi connectivity index (χ3n) is 2.92. The van der Waals surface area contributed by atoms with Gasteiger partial charge in [-0.3, -0.25) is 4.99 Å². The zero-order chi connectivity index (χ0) is 16.9. The van der Waals surface area contributed by atoms with Crippen LogP contribution in [0.4, 0.5) is 13.2 Å². The van der Waals surface area contributed by atoms with Crippen molar-refractivity contribution < 1.29 is 13.2 Å². The summed E-state index contributed by atoms with van der Waals surface area (Å²) in [7, 11) is 3.44. The molecule has 0 spiro atoms. The number of thiazole rings is 1. The van der Waals surface area contributed by atoms with Crippen LogP contribution >= 0.6 is 11.3 Å². The van der Waals surface area contributed by atoms with Crippen LogP contribution in [-0.4, -0.2) is 39.3 Å². The summed E-state index contributed by atoms with van der Waals surface area (Å²) in [6.45, 7) is 0.856. The molecule has 0 aromatic carbocycles. The Balaban J connectivity index is 1.78. The van der Waals surface area contributed by atoms with Gasteiger partial charge in [-0.05, 0) is 0 Å². The molecule has 0 unspecified atom stereocenters. The van der Waals surface area contributed by atoms with E-state index in [1.165, 1.54) is 0 Å². The first-order chi connectivity index (χ1) is 10.9. The number of aliphatic imine (C=N–C) groups is 1. The maximum absolute atomic E-state index is 12.5. The Morgan fingerprint density at radius 2 is 2.17 bits per heavy atom. The lowest BCUT2D eigenvalue weighted by Crippen LogP contribution is -2.38. The average Bonchev–Trinajstić information content (AvgIpc) is 3.11. The van der Waals surface area contributed by atoms with Crippen molar-refractivity contribution in [3.8, 4) is 0 Å². The van der Waals surface area contributed by atoms with Gasteiger partial charge in [0.05, 0.1) is 11.6 Å². The number of aryl methyl sites for hydroxylation is 1. The van der Waals surface area contributed by atoms with E-state index in [0.717, 1.165) is 22.5 Å². The fourth-order valence-electron chi connectivity index (χ4n) is 1.69. The molecule has 2 N–H and O–H groups in total. The van der Waals surface area contributed by atoms with Gasteiger partial charge in [0, 0.05) is 32.4 Å². The van der Waals surface area contributed by atoms with Gasteiger partial charge in [-0.15, -0.1) is 21.5 Å². The van der Waals surface area contributed by atoms with E-state index in [1.807, 2.05) is 7.05 Å². The standard InChI is InChI=1S/C12H16F3N7S/c1-16-11(18-5-9-21-19-7-22(9)2)17-4-3-10-20-8(6-23-10)12(13,14)15/h6-7H,3-5H2,1-2H3,(H2,16,17,18). The van der Waals surface area contributed by atoms with Crippen molar-refractivity contribution in [1.29, 1.82) is 0 Å². The fraction of sp³-hybridized carbons (Fsp3) is 0.500. The van der Waals surface area contributed by atoms with Gasteiger partial charge >= 0.3 is 6.18 Å². The Morgan fingerprint density at radius 3 is 2.74 bits per heavy atom. The van der Waals surface area contributed by atoms with Crippen LogP contribution in [-0.2, 0) is 26.2 Å². The zero-order valence-electron chi connectivity index (χ0n) is 12.6. The Morgan fingerprint density at radius 1 is 1.39 bits per heavy atom. The largest absolute Gasteiger partial charge is 0.434 e. The summed E-state index contributed by atoms with van der Waals surface area (Å²) in [5, 5.41) is 15.2. The number of halogens is 3. The molecular weight excluding hydrogens is 331 g/mol. The molecule has 0 atom stereocenters. The maximum atomic E-state index is 12.5. The van der Waals surface area contributed by atoms with Gasteiger partial charge in [-0.2, -0.15) is 13.2 Å². The van der Waals surface area contributed by atoms with E-state index in [1.54, 1.807) is 17.9 Å². The van der Waals surface area contributed by atoms with E-state index in [2.05, 4.69) is 30.8 Å². The summed E-state index contributed by atoms with van der Waals surface area (Å²) in [6, 6.07) is 0. The first-order valence-electron chi connectivity index (χ1n) is 6.69. The number of nitrogens with zero attached hydrogens (tertiary/aromatic N) is 5. The molecule has 11 heteroatoms. The van der Waals surface area contributed by atoms with Gasteiger partial charge in [0.2, 0.25) is 0 Å². The topological polar surface area (TPSA) is 80.0 Å². The van der Waals surface area contributed by atoms with E-state index in [4.69, 9.17) is 0 Å². The Hall–Kier alpha value is -2.17. The second-order valence-electron chi connectivity index (χ2n) is 4.58. The molecule has 2 heterocycles. The third kappa shape index (κ3) is 4.91. The molecule has 2 aromatic rings. The van der Waals surface area contributed by atoms with Gasteiger partial charge in [0.25, 0.3) is 0 Å². The summed E-state index contributed by atoms with van der Waals surface area (Å²) < 4.78 is 39.2. The molecule has 0 amide bonds. The van der Waals surface area contributed by atoms with Crippen LogP contribution in [0.3, 0.4) is 0 Å². The highest BCUT2D eigenvalue weighted by atomic mass is 32.1. The van der Waals surface area contributed by atoms with Crippen LogP contribution in [0.1, 0.15) is 16.5 Å². The van der Waals surface area contributed by atoms with Crippen molar-refractivity contribution in [2.24, 2.45) is 12.0 Å². The van der Waals surface area contributed by atoms with Gasteiger partial charge in [-0.25, -0.2) is 4.98 Å². The maximum Gasteiger partial charge on any atom is 0.434 e. The minimum atomic E-state index is -4.39. The Labute approximate surface area is 134 Å². The number of aromatic nitrogens is 4. The SMILES string of the molecule is CN=C(NCCc1nc(C(F)(F)F)cs1)NCc1nncn1C. The summed E-state index contributed by atoms with van der Waals surface area (Å²) in [4.78, 5) is 7.61. The molecule has 2 rings (SSSR count). The molecule has 0 bridgehead atoms. The third-order valence-corrected chi connectivity index (χ3v) is 3.82. The van der Waals surface area contributed by atoms with Crippen LogP contribution < -0.4 is 10.6 Å². The summed E-state index contributed by atoms with van der Waals surface area (Å²) in [5.74, 6) is 1.27. The van der Waals surface area contributed by atoms with Crippen molar-refractivity contribution in [3.05, 3.63) is 28.2 Å². The quantitative estimate of drug-likeness (QED) is 0.628. The van der Waals surface area contributed by atoms with E-state index < -0.39 is 11.9 Å². The van der Waals surface area contributed by atoms with E-state index >= 15 is 0 Å². The van der Waals surface area contributed by atoms with Crippen molar-refractivity contribution >= 4 is 17.3 Å². The van der Waals surface area contributed by atoms with Gasteiger partial charge in [-0.1, -0.05) is 0 Å². The van der Waals surface area contributed by atoms with Gasteiger partial charge in [0.15, 0.2) is 17.5 Å². The number of hydrogen-bond acceptors (Lipinski definition) is 5. The predicted molar refractivity (Wildman–Crippen MR) is 80.0 cm³/mol. The number of nitrogens with one attached hydrogen (secondary N) is 2. The lowest BCUT2D eigenvalue weighted by atomic mass is 10.4. The lowest BCUT2D eigenvalue weighted by molar-refractivity contribution is -0.140. The molecule has 0 saturated carbocycles. The second-order valence-corrected chi connectivity index (χ2v) is 5.53. The van der Waals surface area contributed by atoms with Crippen LogP contribution in [0.2, 0.25) is 0 Å². The Bertz CT molecular complexity index is 662. The molecule has 0 aliphatic rings. The minimum absolute atomic E-state index is 0.380.